The van der Waals surface area contributed by atoms with Crippen molar-refractivity contribution in [2.45, 2.75) is 64.8 Å². The van der Waals surface area contributed by atoms with Crippen LogP contribution in [0.25, 0.3) is 32.2 Å². The summed E-state index contributed by atoms with van der Waals surface area (Å²) in [6, 6.07) is 28.4. The van der Waals surface area contributed by atoms with Crippen LogP contribution in [0.5, 0.6) is 5.75 Å². The summed E-state index contributed by atoms with van der Waals surface area (Å²) in [5, 5.41) is 24.9. The molecule has 17 heteroatoms. The number of anilines is 3. The van der Waals surface area contributed by atoms with Crippen molar-refractivity contribution in [3.8, 4) is 16.9 Å². The predicted octanol–water partition coefficient (Wildman–Crippen LogP) is 8.34. The van der Waals surface area contributed by atoms with Gasteiger partial charge in [-0.2, -0.15) is 5.10 Å². The van der Waals surface area contributed by atoms with Crippen molar-refractivity contribution in [2.75, 3.05) is 48.3 Å². The largest absolute Gasteiger partial charge is 0.493 e. The maximum absolute atomic E-state index is 13.6. The first-order chi connectivity index (χ1) is 34.4. The number of pyridine rings is 1. The number of imide groups is 1. The van der Waals surface area contributed by atoms with E-state index in [1.54, 1.807) is 11.7 Å². The van der Waals surface area contributed by atoms with Crippen molar-refractivity contribution in [1.82, 2.24) is 30.0 Å². The van der Waals surface area contributed by atoms with Crippen LogP contribution < -0.4 is 25.6 Å². The molecule has 0 bridgehead atoms. The minimum Gasteiger partial charge on any atom is -0.493 e. The van der Waals surface area contributed by atoms with Gasteiger partial charge < -0.3 is 20.1 Å². The number of aromatic carboxylic acids is 1. The van der Waals surface area contributed by atoms with Gasteiger partial charge in [0.15, 0.2) is 10.8 Å². The van der Waals surface area contributed by atoms with Crippen LogP contribution in [0.1, 0.15) is 88.2 Å². The molecule has 4 N–H and O–H groups in total. The molecule has 0 aliphatic carbocycles. The number of carboxylic acid groups (broad SMARTS) is 1. The summed E-state index contributed by atoms with van der Waals surface area (Å²) in [6.45, 7) is 7.56. The highest BCUT2D eigenvalue weighted by atomic mass is 32.1. The standard InChI is InChI=1S/C54H55N9O7S/c1-31(33-21-25-62(26-22-33)30-47(65)55-42-14-7-12-38-48(60-61(3)50(38)42)39-18-20-46(64)58-52(39)67)24-28-70-43-15-8-10-35(32(43)2)36-17-19-45(57-49(36)53(68)69)63-27-23-34-9-6-11-37(40(34)29-63)51(66)59-54-56-41-13-4-5-16-44(41)71-54/h4-17,19,31,33,39H,18,20-30H2,1-3H3,(H,55,65)(H,68,69)(H,56,59,66)(H,58,64,67)/t31-,39?/m1/s1. The lowest BCUT2D eigenvalue weighted by atomic mass is 9.84. The molecule has 2 fully saturated rings. The molecule has 2 saturated heterocycles. The number of likely N-dealkylation sites (tertiary alicyclic amines) is 1. The number of amides is 4. The van der Waals surface area contributed by atoms with Gasteiger partial charge in [0.25, 0.3) is 5.91 Å². The van der Waals surface area contributed by atoms with Gasteiger partial charge in [0.1, 0.15) is 11.6 Å². The summed E-state index contributed by atoms with van der Waals surface area (Å²) in [5.41, 5.74) is 7.29. The Hall–Kier alpha value is -7.50. The zero-order chi connectivity index (χ0) is 49.3. The normalized spacial score (nSPS) is 16.9. The number of benzene rings is 4. The SMILES string of the molecule is Cc1c(OCC[C@@H](C)C2CCN(CC(=O)Nc3cccc4c(C5CCC(=O)NC5=O)nn(C)c34)CC2)cccc1-c1ccc(N2CCc3cccc(C(=O)Nc4nc5ccccc5s4)c3C2)nc1C(=O)O. The third-order valence-corrected chi connectivity index (χ3v) is 15.3. The minimum absolute atomic E-state index is 0.0562. The van der Waals surface area contributed by atoms with Crippen LogP contribution >= 0.6 is 11.3 Å². The molecule has 364 valence electrons. The van der Waals surface area contributed by atoms with Crippen molar-refractivity contribution in [2.24, 2.45) is 18.9 Å². The number of carbonyl (C=O) groups is 5. The van der Waals surface area contributed by atoms with E-state index in [0.717, 1.165) is 75.7 Å². The molecule has 0 saturated carbocycles. The molecule has 2 atom stereocenters. The quantitative estimate of drug-likeness (QED) is 0.0761. The fourth-order valence-corrected chi connectivity index (χ4v) is 11.3. The highest BCUT2D eigenvalue weighted by Gasteiger charge is 2.33. The zero-order valence-electron chi connectivity index (χ0n) is 39.9. The number of aromatic nitrogens is 4. The molecule has 4 aromatic carbocycles. The summed E-state index contributed by atoms with van der Waals surface area (Å²) in [5.74, 6) is -0.575. The first-order valence-corrected chi connectivity index (χ1v) is 25.0. The Bertz CT molecular complexity index is 3200. The number of aryl methyl sites for hydroxylation is 1. The maximum atomic E-state index is 13.6. The van der Waals surface area contributed by atoms with Gasteiger partial charge in [-0.15, -0.1) is 0 Å². The van der Waals surface area contributed by atoms with Gasteiger partial charge >= 0.3 is 5.97 Å². The van der Waals surface area contributed by atoms with Crippen molar-refractivity contribution in [1.29, 1.82) is 0 Å². The van der Waals surface area contributed by atoms with E-state index in [9.17, 15) is 29.1 Å². The summed E-state index contributed by atoms with van der Waals surface area (Å²) in [6.07, 6.45) is 4.08. The molecule has 6 heterocycles. The average molecular weight is 974 g/mol. The van der Waals surface area contributed by atoms with E-state index in [1.807, 2.05) is 103 Å². The van der Waals surface area contributed by atoms with Crippen LogP contribution in [-0.4, -0.2) is 92.1 Å². The third kappa shape index (κ3) is 9.84. The van der Waals surface area contributed by atoms with Crippen molar-refractivity contribution < 1.29 is 33.8 Å². The van der Waals surface area contributed by atoms with Crippen LogP contribution in [0.4, 0.5) is 16.6 Å². The van der Waals surface area contributed by atoms with Gasteiger partial charge in [-0.25, -0.2) is 14.8 Å². The topological polar surface area (TPSA) is 201 Å². The Morgan fingerprint density at radius 2 is 1.69 bits per heavy atom. The Balaban J connectivity index is 0.730. The molecule has 0 radical (unpaired) electrons. The fraction of sp³-hybridized carbons (Fsp3) is 0.333. The van der Waals surface area contributed by atoms with E-state index in [0.29, 0.717) is 83.6 Å². The van der Waals surface area contributed by atoms with Crippen LogP contribution in [0.3, 0.4) is 0 Å². The second-order valence-corrected chi connectivity index (χ2v) is 19.9. The number of piperidine rings is 2. The molecule has 7 aromatic rings. The van der Waals surface area contributed by atoms with Crippen molar-refractivity contribution in [3.05, 3.63) is 125 Å². The average Bonchev–Trinajstić information content (AvgIpc) is 3.94. The Labute approximate surface area is 414 Å². The summed E-state index contributed by atoms with van der Waals surface area (Å²) >= 11 is 1.43. The molecular formula is C54H55N9O7S. The third-order valence-electron chi connectivity index (χ3n) is 14.4. The molecule has 16 nitrogen and oxygen atoms in total. The zero-order valence-corrected chi connectivity index (χ0v) is 40.7. The summed E-state index contributed by atoms with van der Waals surface area (Å²) in [7, 11) is 1.79. The lowest BCUT2D eigenvalue weighted by molar-refractivity contribution is -0.134. The number of hydrogen-bond donors (Lipinski definition) is 4. The van der Waals surface area contributed by atoms with Gasteiger partial charge in [0.2, 0.25) is 17.7 Å². The summed E-state index contributed by atoms with van der Waals surface area (Å²) in [4.78, 5) is 77.8. The van der Waals surface area contributed by atoms with E-state index in [4.69, 9.17) is 9.72 Å². The van der Waals surface area contributed by atoms with Crippen LogP contribution in [-0.2, 0) is 34.4 Å². The highest BCUT2D eigenvalue weighted by molar-refractivity contribution is 7.22. The number of hydrogen-bond acceptors (Lipinski definition) is 12. The lowest BCUT2D eigenvalue weighted by Gasteiger charge is -2.34. The number of thiazole rings is 1. The number of carboxylic acids is 1. The molecule has 3 aliphatic rings. The van der Waals surface area contributed by atoms with Crippen LogP contribution in [0.2, 0.25) is 0 Å². The van der Waals surface area contributed by atoms with Crippen LogP contribution in [0.15, 0.2) is 91.0 Å². The van der Waals surface area contributed by atoms with Crippen molar-refractivity contribution in [3.63, 3.8) is 0 Å². The first kappa shape index (κ1) is 47.2. The van der Waals surface area contributed by atoms with Gasteiger partial charge in [-0.1, -0.05) is 66.8 Å². The van der Waals surface area contributed by atoms with Crippen molar-refractivity contribution >= 4 is 78.7 Å². The smallest absolute Gasteiger partial charge is 0.355 e. The number of rotatable bonds is 14. The maximum Gasteiger partial charge on any atom is 0.355 e. The Morgan fingerprint density at radius 3 is 2.49 bits per heavy atom. The van der Waals surface area contributed by atoms with Gasteiger partial charge in [0.05, 0.1) is 46.2 Å². The predicted molar refractivity (Wildman–Crippen MR) is 273 cm³/mol. The van der Waals surface area contributed by atoms with Gasteiger partial charge in [-0.3, -0.25) is 39.4 Å². The molecule has 3 aliphatic heterocycles. The number of para-hydroxylation sites is 2. The van der Waals surface area contributed by atoms with Crippen LogP contribution in [0, 0.1) is 18.8 Å². The molecule has 4 amide bonds. The Kier molecular flexibility index (Phi) is 13.3. The minimum atomic E-state index is -1.13. The second kappa shape index (κ2) is 20.1. The van der Waals surface area contributed by atoms with E-state index in [2.05, 4.69) is 37.9 Å². The fourth-order valence-electron chi connectivity index (χ4n) is 10.5. The summed E-state index contributed by atoms with van der Waals surface area (Å²) < 4.78 is 9.07. The monoisotopic (exact) mass is 973 g/mol. The van der Waals surface area contributed by atoms with E-state index >= 15 is 0 Å². The highest BCUT2D eigenvalue weighted by Crippen LogP contribution is 2.37. The molecule has 3 aromatic heterocycles. The number of nitrogens with zero attached hydrogens (tertiary/aromatic N) is 6. The number of carbonyl (C=O) groups excluding carboxylic acids is 4. The molecule has 10 rings (SSSR count). The molecular weight excluding hydrogens is 919 g/mol. The molecule has 1 unspecified atom stereocenters. The van der Waals surface area contributed by atoms with E-state index < -0.39 is 11.9 Å². The second-order valence-electron chi connectivity index (χ2n) is 18.8. The molecule has 71 heavy (non-hydrogen) atoms. The number of ether oxygens (including phenoxy) is 1. The first-order valence-electron chi connectivity index (χ1n) is 24.2. The van der Waals surface area contributed by atoms with Gasteiger partial charge in [0, 0.05) is 43.1 Å². The van der Waals surface area contributed by atoms with E-state index in [1.165, 1.54) is 11.3 Å². The Morgan fingerprint density at radius 1 is 0.887 bits per heavy atom. The number of fused-ring (bicyclic) bond motifs is 3. The molecule has 0 spiro atoms. The van der Waals surface area contributed by atoms with E-state index in [-0.39, 0.29) is 42.3 Å². The lowest BCUT2D eigenvalue weighted by Crippen LogP contribution is -2.40. The number of nitrogens with one attached hydrogen (secondary N) is 3. The van der Waals surface area contributed by atoms with Gasteiger partial charge in [-0.05, 0) is 129 Å².